The molecule has 0 spiro atoms. The van der Waals surface area contributed by atoms with Crippen LogP contribution in [0.25, 0.3) is 0 Å². The van der Waals surface area contributed by atoms with Gasteiger partial charge >= 0.3 is 0 Å². The summed E-state index contributed by atoms with van der Waals surface area (Å²) in [5.41, 5.74) is 6.96. The Morgan fingerprint density at radius 3 is 2.55 bits per heavy atom. The van der Waals surface area contributed by atoms with Crippen LogP contribution >= 0.6 is 0 Å². The van der Waals surface area contributed by atoms with Gasteiger partial charge in [-0.15, -0.1) is 0 Å². The topological polar surface area (TPSA) is 64.3 Å². The van der Waals surface area contributed by atoms with Gasteiger partial charge in [0.25, 0.3) is 0 Å². The third-order valence-corrected chi connectivity index (χ3v) is 4.28. The molecule has 0 saturated carbocycles. The smallest absolute Gasteiger partial charge is 0.222 e. The number of hydrogen-bond acceptors (Lipinski definition) is 5. The first-order valence-electron chi connectivity index (χ1n) is 7.80. The van der Waals surface area contributed by atoms with E-state index >= 15 is 0 Å². The quantitative estimate of drug-likeness (QED) is 0.898. The van der Waals surface area contributed by atoms with Gasteiger partial charge in [-0.25, -0.2) is 4.98 Å². The van der Waals surface area contributed by atoms with Gasteiger partial charge in [-0.3, -0.25) is 0 Å². The second-order valence-electron chi connectivity index (χ2n) is 5.82. The molecule has 0 unspecified atom stereocenters. The first-order valence-corrected chi connectivity index (χ1v) is 7.80. The van der Waals surface area contributed by atoms with E-state index in [0.29, 0.717) is 11.9 Å². The normalized spacial score (nSPS) is 24.4. The van der Waals surface area contributed by atoms with Crippen LogP contribution in [0.5, 0.6) is 0 Å². The molecule has 2 fully saturated rings. The van der Waals surface area contributed by atoms with Crippen LogP contribution in [0.3, 0.4) is 0 Å². The van der Waals surface area contributed by atoms with Crippen LogP contribution < -0.4 is 10.6 Å². The summed E-state index contributed by atoms with van der Waals surface area (Å²) < 4.78 is 5.46. The van der Waals surface area contributed by atoms with E-state index in [1.807, 2.05) is 0 Å². The maximum absolute atomic E-state index is 5.91. The number of ether oxygens (including phenoxy) is 1. The summed E-state index contributed by atoms with van der Waals surface area (Å²) >= 11 is 0. The van der Waals surface area contributed by atoms with Crippen molar-refractivity contribution in [2.75, 3.05) is 36.9 Å². The Morgan fingerprint density at radius 1 is 1.10 bits per heavy atom. The standard InChI is InChI=1S/C15H24N4O/c16-15-17-13(12-6-9-20-11-12)10-14(18-15)19-7-4-2-1-3-5-8-19/h10,12H,1-9,11H2,(H2,16,17,18)/t12-/m0/s1. The molecule has 3 heterocycles. The SMILES string of the molecule is Nc1nc([C@H]2CCOC2)cc(N2CCCCCCC2)n1. The van der Waals surface area contributed by atoms with E-state index in [-0.39, 0.29) is 0 Å². The van der Waals surface area contributed by atoms with Gasteiger partial charge in [0.15, 0.2) is 0 Å². The Hall–Kier alpha value is -1.36. The Balaban J connectivity index is 1.80. The number of anilines is 2. The highest BCUT2D eigenvalue weighted by atomic mass is 16.5. The highest BCUT2D eigenvalue weighted by Crippen LogP contribution is 2.27. The summed E-state index contributed by atoms with van der Waals surface area (Å²) in [7, 11) is 0. The van der Waals surface area contributed by atoms with E-state index < -0.39 is 0 Å². The molecule has 2 aliphatic rings. The lowest BCUT2D eigenvalue weighted by Gasteiger charge is -2.26. The minimum absolute atomic E-state index is 0.383. The molecule has 1 aromatic rings. The molecular weight excluding hydrogens is 252 g/mol. The molecule has 0 aromatic carbocycles. The number of aromatic nitrogens is 2. The Kier molecular flexibility index (Phi) is 4.35. The van der Waals surface area contributed by atoms with Crippen molar-refractivity contribution in [1.82, 2.24) is 9.97 Å². The second kappa shape index (κ2) is 6.39. The third-order valence-electron chi connectivity index (χ3n) is 4.28. The predicted octanol–water partition coefficient (Wildman–Crippen LogP) is 2.33. The summed E-state index contributed by atoms with van der Waals surface area (Å²) in [5, 5.41) is 0. The zero-order valence-corrected chi connectivity index (χ0v) is 12.1. The maximum atomic E-state index is 5.91. The lowest BCUT2D eigenvalue weighted by molar-refractivity contribution is 0.193. The Bertz CT molecular complexity index is 437. The van der Waals surface area contributed by atoms with Crippen molar-refractivity contribution in [3.8, 4) is 0 Å². The molecule has 5 nitrogen and oxygen atoms in total. The first kappa shape index (κ1) is 13.6. The number of hydrogen-bond donors (Lipinski definition) is 1. The van der Waals surface area contributed by atoms with Crippen LogP contribution in [-0.2, 0) is 4.74 Å². The van der Waals surface area contributed by atoms with Crippen molar-refractivity contribution < 1.29 is 4.74 Å². The zero-order valence-electron chi connectivity index (χ0n) is 12.1. The molecule has 1 atom stereocenters. The van der Waals surface area contributed by atoms with Crippen molar-refractivity contribution in [3.63, 3.8) is 0 Å². The third kappa shape index (κ3) is 3.20. The van der Waals surface area contributed by atoms with E-state index in [4.69, 9.17) is 10.5 Å². The second-order valence-corrected chi connectivity index (χ2v) is 5.82. The fraction of sp³-hybridized carbons (Fsp3) is 0.733. The predicted molar refractivity (Wildman–Crippen MR) is 79.9 cm³/mol. The van der Waals surface area contributed by atoms with Crippen molar-refractivity contribution >= 4 is 11.8 Å². The molecule has 0 aliphatic carbocycles. The van der Waals surface area contributed by atoms with Gasteiger partial charge in [0.1, 0.15) is 5.82 Å². The molecule has 3 rings (SSSR count). The van der Waals surface area contributed by atoms with Crippen LogP contribution in [-0.4, -0.2) is 36.3 Å². The van der Waals surface area contributed by atoms with Gasteiger partial charge in [0.2, 0.25) is 5.95 Å². The van der Waals surface area contributed by atoms with Crippen LogP contribution in [0.4, 0.5) is 11.8 Å². The molecule has 0 radical (unpaired) electrons. The van der Waals surface area contributed by atoms with E-state index in [9.17, 15) is 0 Å². The maximum Gasteiger partial charge on any atom is 0.222 e. The number of nitrogens with two attached hydrogens (primary N) is 1. The average Bonchev–Trinajstić information content (AvgIpc) is 2.91. The molecule has 2 N–H and O–H groups in total. The summed E-state index contributed by atoms with van der Waals surface area (Å²) in [6.07, 6.45) is 7.53. The van der Waals surface area contributed by atoms with E-state index in [2.05, 4.69) is 20.9 Å². The fourth-order valence-corrected chi connectivity index (χ4v) is 3.09. The molecule has 2 saturated heterocycles. The molecule has 0 amide bonds. The van der Waals surface area contributed by atoms with Crippen molar-refractivity contribution in [2.24, 2.45) is 0 Å². The van der Waals surface area contributed by atoms with Gasteiger partial charge < -0.3 is 15.4 Å². The molecule has 1 aromatic heterocycles. The monoisotopic (exact) mass is 276 g/mol. The summed E-state index contributed by atoms with van der Waals surface area (Å²) in [6.45, 7) is 3.75. The number of nitrogens with zero attached hydrogens (tertiary/aromatic N) is 3. The molecular formula is C15H24N4O. The van der Waals surface area contributed by atoms with Crippen LogP contribution in [0.15, 0.2) is 6.07 Å². The molecule has 2 aliphatic heterocycles. The fourth-order valence-electron chi connectivity index (χ4n) is 3.09. The van der Waals surface area contributed by atoms with Crippen molar-refractivity contribution in [3.05, 3.63) is 11.8 Å². The van der Waals surface area contributed by atoms with Crippen molar-refractivity contribution in [1.29, 1.82) is 0 Å². The minimum atomic E-state index is 0.383. The molecule has 5 heteroatoms. The van der Waals surface area contributed by atoms with Gasteiger partial charge in [0, 0.05) is 31.7 Å². The first-order chi connectivity index (χ1) is 9.83. The minimum Gasteiger partial charge on any atom is -0.381 e. The lowest BCUT2D eigenvalue weighted by atomic mass is 10.0. The molecule has 20 heavy (non-hydrogen) atoms. The Morgan fingerprint density at radius 2 is 1.85 bits per heavy atom. The Labute approximate surface area is 120 Å². The molecule has 110 valence electrons. The highest BCUT2D eigenvalue weighted by Gasteiger charge is 2.21. The number of rotatable bonds is 2. The van der Waals surface area contributed by atoms with E-state index in [0.717, 1.165) is 44.2 Å². The van der Waals surface area contributed by atoms with Gasteiger partial charge in [-0.05, 0) is 19.3 Å². The van der Waals surface area contributed by atoms with E-state index in [1.54, 1.807) is 0 Å². The largest absolute Gasteiger partial charge is 0.381 e. The zero-order chi connectivity index (χ0) is 13.8. The number of nitrogen functional groups attached to an aromatic ring is 1. The van der Waals surface area contributed by atoms with Gasteiger partial charge in [-0.2, -0.15) is 4.98 Å². The van der Waals surface area contributed by atoms with E-state index in [1.165, 1.54) is 32.1 Å². The van der Waals surface area contributed by atoms with Crippen molar-refractivity contribution in [2.45, 2.75) is 44.4 Å². The van der Waals surface area contributed by atoms with Crippen LogP contribution in [0, 0.1) is 0 Å². The molecule has 0 bridgehead atoms. The lowest BCUT2D eigenvalue weighted by Crippen LogP contribution is -2.28. The average molecular weight is 276 g/mol. The van der Waals surface area contributed by atoms with Gasteiger partial charge in [-0.1, -0.05) is 19.3 Å². The van der Waals surface area contributed by atoms with Crippen LogP contribution in [0.1, 0.15) is 50.1 Å². The van der Waals surface area contributed by atoms with Gasteiger partial charge in [0.05, 0.1) is 12.3 Å². The summed E-state index contributed by atoms with van der Waals surface area (Å²) in [6, 6.07) is 2.12. The highest BCUT2D eigenvalue weighted by molar-refractivity contribution is 5.44. The summed E-state index contributed by atoms with van der Waals surface area (Å²) in [4.78, 5) is 11.2. The summed E-state index contributed by atoms with van der Waals surface area (Å²) in [5.74, 6) is 1.78. The van der Waals surface area contributed by atoms with Crippen LogP contribution in [0.2, 0.25) is 0 Å².